The Morgan fingerprint density at radius 3 is 0.803 bits per heavy atom. The zero-order valence-corrected chi connectivity index (χ0v) is 41.6. The molecule has 0 N–H and O–H groups in total. The molecule has 0 unspecified atom stereocenters. The zero-order valence-electron chi connectivity index (χ0n) is 41.6. The second-order valence-electron chi connectivity index (χ2n) is 19.3. The molecular formula is C55H106O6. The van der Waals surface area contributed by atoms with Crippen LogP contribution in [0.15, 0.2) is 0 Å². The van der Waals surface area contributed by atoms with E-state index in [1.54, 1.807) is 0 Å². The first-order valence-corrected chi connectivity index (χ1v) is 27.4. The van der Waals surface area contributed by atoms with Crippen molar-refractivity contribution in [1.82, 2.24) is 0 Å². The molecule has 61 heavy (non-hydrogen) atoms. The summed E-state index contributed by atoms with van der Waals surface area (Å²) in [5, 5.41) is 0. The fourth-order valence-corrected chi connectivity index (χ4v) is 8.39. The Morgan fingerprint density at radius 1 is 0.311 bits per heavy atom. The van der Waals surface area contributed by atoms with Crippen molar-refractivity contribution in [1.29, 1.82) is 0 Å². The Balaban J connectivity index is 4.30. The largest absolute Gasteiger partial charge is 0.462 e. The van der Waals surface area contributed by atoms with Gasteiger partial charge in [0.15, 0.2) is 6.10 Å². The Kier molecular flexibility index (Phi) is 48.1. The molecule has 0 saturated heterocycles. The fraction of sp³-hybridized carbons (Fsp3) is 0.945. The molecule has 0 heterocycles. The van der Waals surface area contributed by atoms with Crippen molar-refractivity contribution < 1.29 is 28.6 Å². The van der Waals surface area contributed by atoms with Gasteiger partial charge in [0, 0.05) is 19.3 Å². The Labute approximate surface area is 380 Å². The minimum Gasteiger partial charge on any atom is -0.462 e. The molecule has 0 fully saturated rings. The van der Waals surface area contributed by atoms with Crippen LogP contribution in [0.2, 0.25) is 0 Å². The lowest BCUT2D eigenvalue weighted by Crippen LogP contribution is -2.30. The summed E-state index contributed by atoms with van der Waals surface area (Å²) >= 11 is 0. The predicted molar refractivity (Wildman–Crippen MR) is 261 cm³/mol. The van der Waals surface area contributed by atoms with Crippen LogP contribution in [0.3, 0.4) is 0 Å². The maximum atomic E-state index is 12.8. The van der Waals surface area contributed by atoms with E-state index in [0.717, 1.165) is 63.7 Å². The van der Waals surface area contributed by atoms with Gasteiger partial charge in [-0.25, -0.2) is 0 Å². The van der Waals surface area contributed by atoms with E-state index in [-0.39, 0.29) is 31.1 Å². The summed E-state index contributed by atoms with van der Waals surface area (Å²) in [4.78, 5) is 38.0. The van der Waals surface area contributed by atoms with Crippen molar-refractivity contribution in [2.75, 3.05) is 13.2 Å². The first-order valence-electron chi connectivity index (χ1n) is 27.4. The molecule has 0 aliphatic carbocycles. The van der Waals surface area contributed by atoms with E-state index in [1.165, 1.54) is 205 Å². The zero-order chi connectivity index (χ0) is 44.5. The number of carbonyl (C=O) groups excluding carboxylic acids is 3. The molecule has 0 aliphatic heterocycles. The van der Waals surface area contributed by atoms with Crippen LogP contribution in [-0.4, -0.2) is 37.2 Å². The first kappa shape index (κ1) is 59.4. The molecular weight excluding hydrogens is 757 g/mol. The summed E-state index contributed by atoms with van der Waals surface area (Å²) in [5.74, 6) is -0.0149. The highest BCUT2D eigenvalue weighted by molar-refractivity contribution is 5.71. The van der Waals surface area contributed by atoms with E-state index in [1.807, 2.05) is 0 Å². The highest BCUT2D eigenvalue weighted by Crippen LogP contribution is 2.17. The van der Waals surface area contributed by atoms with E-state index >= 15 is 0 Å². The van der Waals surface area contributed by atoms with Crippen molar-refractivity contribution in [2.24, 2.45) is 5.92 Å². The number of carbonyl (C=O) groups is 3. The maximum Gasteiger partial charge on any atom is 0.306 e. The van der Waals surface area contributed by atoms with Crippen molar-refractivity contribution in [3.05, 3.63) is 0 Å². The molecule has 0 aromatic rings. The lowest BCUT2D eigenvalue weighted by atomic mass is 10.0. The third-order valence-corrected chi connectivity index (χ3v) is 12.5. The number of unbranched alkanes of at least 4 members (excludes halogenated alkanes) is 37. The SMILES string of the molecule is CCCCCCCCCCCCCCCCCCC(=O)OC[C@@H](COC(=O)CCCCCCCCCCCCCCC)OC(=O)CCCCCCCCCCCCCC(C)C. The summed E-state index contributed by atoms with van der Waals surface area (Å²) in [6, 6.07) is 0. The van der Waals surface area contributed by atoms with Gasteiger partial charge in [-0.2, -0.15) is 0 Å². The molecule has 6 heteroatoms. The van der Waals surface area contributed by atoms with Gasteiger partial charge < -0.3 is 14.2 Å². The van der Waals surface area contributed by atoms with Crippen LogP contribution >= 0.6 is 0 Å². The molecule has 6 nitrogen and oxygen atoms in total. The lowest BCUT2D eigenvalue weighted by Gasteiger charge is -2.18. The van der Waals surface area contributed by atoms with Crippen LogP contribution in [0.25, 0.3) is 0 Å². The number of rotatable bonds is 50. The van der Waals surface area contributed by atoms with Gasteiger partial charge in [-0.3, -0.25) is 14.4 Å². The van der Waals surface area contributed by atoms with Gasteiger partial charge in [-0.1, -0.05) is 272 Å². The molecule has 0 bridgehead atoms. The van der Waals surface area contributed by atoms with Gasteiger partial charge >= 0.3 is 17.9 Å². The van der Waals surface area contributed by atoms with E-state index < -0.39 is 6.10 Å². The molecule has 0 aliphatic rings. The van der Waals surface area contributed by atoms with Crippen LogP contribution in [0.5, 0.6) is 0 Å². The minimum absolute atomic E-state index is 0.0623. The number of hydrogen-bond donors (Lipinski definition) is 0. The summed E-state index contributed by atoms with van der Waals surface area (Å²) in [5.41, 5.74) is 0. The third-order valence-electron chi connectivity index (χ3n) is 12.5. The van der Waals surface area contributed by atoms with Crippen molar-refractivity contribution in [3.63, 3.8) is 0 Å². The molecule has 0 radical (unpaired) electrons. The Morgan fingerprint density at radius 2 is 0.541 bits per heavy atom. The molecule has 0 rings (SSSR count). The summed E-state index contributed by atoms with van der Waals surface area (Å²) in [6.45, 7) is 9.04. The second kappa shape index (κ2) is 49.4. The van der Waals surface area contributed by atoms with Crippen molar-refractivity contribution in [3.8, 4) is 0 Å². The minimum atomic E-state index is -0.761. The number of ether oxygens (including phenoxy) is 3. The van der Waals surface area contributed by atoms with Gasteiger partial charge in [0.25, 0.3) is 0 Å². The molecule has 0 spiro atoms. The van der Waals surface area contributed by atoms with E-state index in [9.17, 15) is 14.4 Å². The van der Waals surface area contributed by atoms with Gasteiger partial charge in [-0.15, -0.1) is 0 Å². The van der Waals surface area contributed by atoms with Crippen LogP contribution in [-0.2, 0) is 28.6 Å². The Hall–Kier alpha value is -1.59. The van der Waals surface area contributed by atoms with Crippen LogP contribution in [0.4, 0.5) is 0 Å². The Bertz CT molecular complexity index is 918. The van der Waals surface area contributed by atoms with Gasteiger partial charge in [0.05, 0.1) is 0 Å². The number of hydrogen-bond acceptors (Lipinski definition) is 6. The van der Waals surface area contributed by atoms with Gasteiger partial charge in [-0.05, 0) is 25.2 Å². The topological polar surface area (TPSA) is 78.9 Å². The summed E-state index contributed by atoms with van der Waals surface area (Å²) in [6.07, 6.45) is 52.3. The molecule has 0 aromatic heterocycles. The highest BCUT2D eigenvalue weighted by Gasteiger charge is 2.19. The second-order valence-corrected chi connectivity index (χ2v) is 19.3. The first-order chi connectivity index (χ1) is 29.9. The van der Waals surface area contributed by atoms with Crippen LogP contribution < -0.4 is 0 Å². The normalized spacial score (nSPS) is 12.0. The van der Waals surface area contributed by atoms with E-state index in [4.69, 9.17) is 14.2 Å². The third kappa shape index (κ3) is 49.3. The maximum absolute atomic E-state index is 12.8. The molecule has 0 aromatic carbocycles. The summed E-state index contributed by atoms with van der Waals surface area (Å²) in [7, 11) is 0. The fourth-order valence-electron chi connectivity index (χ4n) is 8.39. The predicted octanol–water partition coefficient (Wildman–Crippen LogP) is 17.8. The van der Waals surface area contributed by atoms with Gasteiger partial charge in [0.2, 0.25) is 0 Å². The van der Waals surface area contributed by atoms with Crippen molar-refractivity contribution in [2.45, 2.75) is 316 Å². The van der Waals surface area contributed by atoms with Crippen LogP contribution in [0.1, 0.15) is 310 Å². The molecule has 0 saturated carbocycles. The monoisotopic (exact) mass is 863 g/mol. The lowest BCUT2D eigenvalue weighted by molar-refractivity contribution is -0.167. The van der Waals surface area contributed by atoms with E-state index in [0.29, 0.717) is 19.3 Å². The highest BCUT2D eigenvalue weighted by atomic mass is 16.6. The average molecular weight is 863 g/mol. The quantitative estimate of drug-likeness (QED) is 0.0344. The van der Waals surface area contributed by atoms with E-state index in [2.05, 4.69) is 27.7 Å². The van der Waals surface area contributed by atoms with Crippen molar-refractivity contribution >= 4 is 17.9 Å². The smallest absolute Gasteiger partial charge is 0.306 e. The standard InChI is InChI=1S/C55H106O6/c1-5-7-9-11-13-15-17-19-20-21-23-27-31-35-39-43-47-54(57)60-50-52(49-59-53(56)46-42-38-34-30-26-22-18-16-14-12-10-8-6-2)61-55(58)48-44-40-36-32-28-24-25-29-33-37-41-45-51(3)4/h51-52H,5-50H2,1-4H3/t52-/m1/s1. The molecule has 0 amide bonds. The molecule has 362 valence electrons. The number of esters is 3. The van der Waals surface area contributed by atoms with Gasteiger partial charge in [0.1, 0.15) is 13.2 Å². The average Bonchev–Trinajstić information content (AvgIpc) is 3.24. The summed E-state index contributed by atoms with van der Waals surface area (Å²) < 4.78 is 16.8. The van der Waals surface area contributed by atoms with Crippen LogP contribution in [0, 0.1) is 5.92 Å². The molecule has 1 atom stereocenters.